The Morgan fingerprint density at radius 1 is 1.15 bits per heavy atom. The van der Waals surface area contributed by atoms with Crippen molar-refractivity contribution in [2.45, 2.75) is 46.2 Å². The first-order valence-corrected chi connectivity index (χ1v) is 9.09. The van der Waals surface area contributed by atoms with Gasteiger partial charge in [0.25, 0.3) is 0 Å². The van der Waals surface area contributed by atoms with E-state index in [1.165, 1.54) is 0 Å². The fourth-order valence-electron chi connectivity index (χ4n) is 2.44. The summed E-state index contributed by atoms with van der Waals surface area (Å²) < 4.78 is 11.4. The van der Waals surface area contributed by atoms with Crippen LogP contribution in [0.3, 0.4) is 0 Å². The summed E-state index contributed by atoms with van der Waals surface area (Å²) in [5.74, 6) is 2.07. The molecule has 1 aliphatic rings. The number of amides is 1. The molecule has 144 valence electrons. The molecule has 0 aliphatic carbocycles. The van der Waals surface area contributed by atoms with E-state index in [1.807, 2.05) is 45.9 Å². The second-order valence-electron chi connectivity index (χ2n) is 7.18. The van der Waals surface area contributed by atoms with Crippen LogP contribution >= 0.6 is 0 Å². The predicted molar refractivity (Wildman–Crippen MR) is 103 cm³/mol. The van der Waals surface area contributed by atoms with Crippen molar-refractivity contribution in [2.24, 2.45) is 4.99 Å². The van der Waals surface area contributed by atoms with E-state index in [-0.39, 0.29) is 18.0 Å². The van der Waals surface area contributed by atoms with Gasteiger partial charge in [-0.3, -0.25) is 4.79 Å². The standard InChI is InChI=1S/C19H30N4O3/c1-5-20-18(22-13-17(24)23-19(2,3)4)21-12-14-7-8-15-16(11-14)26-10-6-9-25-15/h7-8,11H,5-6,9-10,12-13H2,1-4H3,(H,23,24)(H2,20,21,22). The van der Waals surface area contributed by atoms with Gasteiger partial charge in [0.2, 0.25) is 5.91 Å². The molecule has 26 heavy (non-hydrogen) atoms. The van der Waals surface area contributed by atoms with Gasteiger partial charge in [-0.25, -0.2) is 4.99 Å². The van der Waals surface area contributed by atoms with E-state index in [1.54, 1.807) is 0 Å². The first kappa shape index (κ1) is 19.9. The van der Waals surface area contributed by atoms with Gasteiger partial charge in [0.15, 0.2) is 17.5 Å². The summed E-state index contributed by atoms with van der Waals surface area (Å²) in [7, 11) is 0. The van der Waals surface area contributed by atoms with Crippen molar-refractivity contribution in [3.8, 4) is 11.5 Å². The molecule has 1 heterocycles. The summed E-state index contributed by atoms with van der Waals surface area (Å²) in [6, 6.07) is 5.86. The summed E-state index contributed by atoms with van der Waals surface area (Å²) in [5, 5.41) is 9.12. The minimum Gasteiger partial charge on any atom is -0.490 e. The van der Waals surface area contributed by atoms with Crippen LogP contribution < -0.4 is 25.4 Å². The maximum atomic E-state index is 11.9. The van der Waals surface area contributed by atoms with Crippen LogP contribution in [0.4, 0.5) is 0 Å². The monoisotopic (exact) mass is 362 g/mol. The van der Waals surface area contributed by atoms with Gasteiger partial charge >= 0.3 is 0 Å². The number of carbonyl (C=O) groups excluding carboxylic acids is 1. The Balaban J connectivity index is 1.96. The van der Waals surface area contributed by atoms with E-state index in [0.29, 0.717) is 32.3 Å². The molecule has 0 unspecified atom stereocenters. The van der Waals surface area contributed by atoms with E-state index < -0.39 is 0 Å². The minimum absolute atomic E-state index is 0.0707. The van der Waals surface area contributed by atoms with Crippen molar-refractivity contribution < 1.29 is 14.3 Å². The zero-order chi connectivity index (χ0) is 19.0. The molecule has 0 spiro atoms. The van der Waals surface area contributed by atoms with Crippen LogP contribution in [-0.4, -0.2) is 43.7 Å². The van der Waals surface area contributed by atoms with Gasteiger partial charge in [0.05, 0.1) is 26.3 Å². The van der Waals surface area contributed by atoms with Crippen LogP contribution in [0.15, 0.2) is 23.2 Å². The van der Waals surface area contributed by atoms with E-state index >= 15 is 0 Å². The Morgan fingerprint density at radius 3 is 2.58 bits per heavy atom. The number of carbonyl (C=O) groups is 1. The SMILES string of the molecule is CCNC(=NCc1ccc2c(c1)OCCCO2)NCC(=O)NC(C)(C)C. The molecule has 1 aromatic rings. The van der Waals surface area contributed by atoms with Crippen LogP contribution in [0.2, 0.25) is 0 Å². The molecular weight excluding hydrogens is 332 g/mol. The van der Waals surface area contributed by atoms with Gasteiger partial charge in [-0.15, -0.1) is 0 Å². The summed E-state index contributed by atoms with van der Waals surface area (Å²) in [6.45, 7) is 10.5. The van der Waals surface area contributed by atoms with Crippen molar-refractivity contribution in [1.29, 1.82) is 0 Å². The van der Waals surface area contributed by atoms with E-state index in [4.69, 9.17) is 9.47 Å². The summed E-state index contributed by atoms with van der Waals surface area (Å²) in [5.41, 5.74) is 0.767. The number of hydrogen-bond donors (Lipinski definition) is 3. The number of aliphatic imine (C=N–C) groups is 1. The lowest BCUT2D eigenvalue weighted by Crippen LogP contribution is -2.48. The molecule has 0 aromatic heterocycles. The third kappa shape index (κ3) is 6.82. The normalized spacial score (nSPS) is 14.4. The molecule has 7 nitrogen and oxygen atoms in total. The fraction of sp³-hybridized carbons (Fsp3) is 0.579. The zero-order valence-electron chi connectivity index (χ0n) is 16.1. The molecule has 7 heteroatoms. The highest BCUT2D eigenvalue weighted by Crippen LogP contribution is 2.30. The van der Waals surface area contributed by atoms with Crippen molar-refractivity contribution in [2.75, 3.05) is 26.3 Å². The molecule has 2 rings (SSSR count). The lowest BCUT2D eigenvalue weighted by Gasteiger charge is -2.21. The van der Waals surface area contributed by atoms with Crippen LogP contribution in [0.5, 0.6) is 11.5 Å². The van der Waals surface area contributed by atoms with Crippen molar-refractivity contribution >= 4 is 11.9 Å². The van der Waals surface area contributed by atoms with Crippen LogP contribution in [0.1, 0.15) is 39.7 Å². The molecule has 0 bridgehead atoms. The van der Waals surface area contributed by atoms with Gasteiger partial charge in [-0.2, -0.15) is 0 Å². The molecule has 0 radical (unpaired) electrons. The highest BCUT2D eigenvalue weighted by molar-refractivity contribution is 5.86. The Labute approximate surface area is 155 Å². The number of ether oxygens (including phenoxy) is 2. The lowest BCUT2D eigenvalue weighted by molar-refractivity contribution is -0.121. The van der Waals surface area contributed by atoms with Crippen LogP contribution in [-0.2, 0) is 11.3 Å². The van der Waals surface area contributed by atoms with Crippen molar-refractivity contribution in [3.05, 3.63) is 23.8 Å². The second kappa shape index (κ2) is 9.31. The molecule has 1 aromatic carbocycles. The van der Waals surface area contributed by atoms with Gasteiger partial charge in [0, 0.05) is 18.5 Å². The summed E-state index contributed by atoms with van der Waals surface area (Å²) in [6.07, 6.45) is 0.882. The molecule has 1 amide bonds. The molecule has 0 saturated heterocycles. The molecular formula is C19H30N4O3. The molecule has 1 aliphatic heterocycles. The molecule has 3 N–H and O–H groups in total. The number of fused-ring (bicyclic) bond motifs is 1. The van der Waals surface area contributed by atoms with E-state index in [0.717, 1.165) is 23.5 Å². The Morgan fingerprint density at radius 2 is 1.88 bits per heavy atom. The number of benzene rings is 1. The largest absolute Gasteiger partial charge is 0.490 e. The van der Waals surface area contributed by atoms with Gasteiger partial charge in [-0.05, 0) is 45.4 Å². The number of nitrogens with zero attached hydrogens (tertiary/aromatic N) is 1. The maximum Gasteiger partial charge on any atom is 0.239 e. The Hall–Kier alpha value is -2.44. The summed E-state index contributed by atoms with van der Waals surface area (Å²) >= 11 is 0. The number of guanidine groups is 1. The van der Waals surface area contributed by atoms with E-state index in [2.05, 4.69) is 20.9 Å². The maximum absolute atomic E-state index is 11.9. The Bertz CT molecular complexity index is 638. The fourth-order valence-corrected chi connectivity index (χ4v) is 2.44. The number of nitrogens with one attached hydrogen (secondary N) is 3. The Kier molecular flexibility index (Phi) is 7.12. The van der Waals surface area contributed by atoms with Gasteiger partial charge in [-0.1, -0.05) is 6.07 Å². The van der Waals surface area contributed by atoms with Crippen molar-refractivity contribution in [1.82, 2.24) is 16.0 Å². The third-order valence-corrected chi connectivity index (χ3v) is 3.51. The topological polar surface area (TPSA) is 84.0 Å². The molecule has 0 fully saturated rings. The number of hydrogen-bond acceptors (Lipinski definition) is 4. The van der Waals surface area contributed by atoms with E-state index in [9.17, 15) is 4.79 Å². The highest BCUT2D eigenvalue weighted by atomic mass is 16.5. The summed E-state index contributed by atoms with van der Waals surface area (Å²) in [4.78, 5) is 16.5. The third-order valence-electron chi connectivity index (χ3n) is 3.51. The van der Waals surface area contributed by atoms with Crippen molar-refractivity contribution in [3.63, 3.8) is 0 Å². The zero-order valence-corrected chi connectivity index (χ0v) is 16.1. The number of rotatable bonds is 5. The molecule has 0 atom stereocenters. The average molecular weight is 362 g/mol. The van der Waals surface area contributed by atoms with Gasteiger partial charge in [0.1, 0.15) is 0 Å². The second-order valence-corrected chi connectivity index (χ2v) is 7.18. The quantitative estimate of drug-likeness (QED) is 0.550. The molecule has 0 saturated carbocycles. The first-order chi connectivity index (χ1) is 12.4. The lowest BCUT2D eigenvalue weighted by atomic mass is 10.1. The highest BCUT2D eigenvalue weighted by Gasteiger charge is 2.14. The van der Waals surface area contributed by atoms with Gasteiger partial charge < -0.3 is 25.4 Å². The minimum atomic E-state index is -0.252. The first-order valence-electron chi connectivity index (χ1n) is 9.09. The van der Waals surface area contributed by atoms with Crippen LogP contribution in [0.25, 0.3) is 0 Å². The smallest absolute Gasteiger partial charge is 0.239 e. The predicted octanol–water partition coefficient (Wildman–Crippen LogP) is 1.82. The van der Waals surface area contributed by atoms with Crippen LogP contribution in [0, 0.1) is 0 Å². The average Bonchev–Trinajstić information content (AvgIpc) is 2.80.